The first kappa shape index (κ1) is 26.6. The Bertz CT molecular complexity index is 1340. The highest BCUT2D eigenvalue weighted by Crippen LogP contribution is 2.23. The van der Waals surface area contributed by atoms with E-state index in [0.29, 0.717) is 36.6 Å². The predicted octanol–water partition coefficient (Wildman–Crippen LogP) is 2.33. The van der Waals surface area contributed by atoms with Crippen LogP contribution < -0.4 is 26.6 Å². The summed E-state index contributed by atoms with van der Waals surface area (Å²) in [4.78, 5) is 44.3. The molecule has 198 valence electrons. The average Bonchev–Trinajstić information content (AvgIpc) is 3.50. The summed E-state index contributed by atoms with van der Waals surface area (Å²) in [5, 5.41) is 16.0. The molecule has 3 aromatic rings. The van der Waals surface area contributed by atoms with Gasteiger partial charge in [0.1, 0.15) is 23.7 Å². The largest absolute Gasteiger partial charge is 0.497 e. The number of hydrogen-bond donors (Lipinski definition) is 5. The van der Waals surface area contributed by atoms with Gasteiger partial charge in [0.05, 0.1) is 16.8 Å². The van der Waals surface area contributed by atoms with Gasteiger partial charge in [-0.3, -0.25) is 15.0 Å². The number of carbonyl (C=O) groups is 3. The third-order valence-corrected chi connectivity index (χ3v) is 7.01. The highest BCUT2D eigenvalue weighted by molar-refractivity contribution is 7.20. The SMILES string of the molecule is C=C(OCC)C(CNC(=O)NC1CCN(c2ccc(C(=N)N)cc2)C1=O)NC(=O)c1nc2ccccc2s1. The highest BCUT2D eigenvalue weighted by Gasteiger charge is 2.34. The maximum absolute atomic E-state index is 12.9. The molecule has 2 atom stereocenters. The van der Waals surface area contributed by atoms with E-state index in [1.807, 2.05) is 24.3 Å². The number of nitrogens with two attached hydrogens (primary N) is 1. The van der Waals surface area contributed by atoms with Crippen LogP contribution in [0.2, 0.25) is 0 Å². The number of benzene rings is 2. The Morgan fingerprint density at radius 3 is 2.68 bits per heavy atom. The number of rotatable bonds is 10. The lowest BCUT2D eigenvalue weighted by Gasteiger charge is -2.22. The Hall–Kier alpha value is -4.45. The zero-order chi connectivity index (χ0) is 27.2. The number of anilines is 1. The van der Waals surface area contributed by atoms with Crippen LogP contribution in [-0.2, 0) is 9.53 Å². The topological polar surface area (TPSA) is 163 Å². The molecule has 1 fully saturated rings. The Morgan fingerprint density at radius 1 is 1.26 bits per heavy atom. The van der Waals surface area contributed by atoms with Crippen molar-refractivity contribution in [2.45, 2.75) is 25.4 Å². The molecule has 38 heavy (non-hydrogen) atoms. The second kappa shape index (κ2) is 11.7. The third kappa shape index (κ3) is 6.09. The average molecular weight is 536 g/mol. The number of aromatic nitrogens is 1. The van der Waals surface area contributed by atoms with E-state index in [4.69, 9.17) is 15.9 Å². The van der Waals surface area contributed by atoms with E-state index in [-0.39, 0.29) is 23.3 Å². The molecule has 6 N–H and O–H groups in total. The van der Waals surface area contributed by atoms with Crippen LogP contribution in [0.3, 0.4) is 0 Å². The summed E-state index contributed by atoms with van der Waals surface area (Å²) >= 11 is 1.27. The van der Waals surface area contributed by atoms with Gasteiger partial charge in [-0.15, -0.1) is 11.3 Å². The Balaban J connectivity index is 1.34. The summed E-state index contributed by atoms with van der Waals surface area (Å²) < 4.78 is 6.38. The minimum atomic E-state index is -0.712. The van der Waals surface area contributed by atoms with Gasteiger partial charge in [0.15, 0.2) is 5.01 Å². The van der Waals surface area contributed by atoms with Crippen LogP contribution in [0.4, 0.5) is 10.5 Å². The molecule has 2 unspecified atom stereocenters. The van der Waals surface area contributed by atoms with Gasteiger partial charge >= 0.3 is 6.03 Å². The molecule has 0 radical (unpaired) electrons. The number of carbonyl (C=O) groups excluding carboxylic acids is 3. The van der Waals surface area contributed by atoms with Crippen molar-refractivity contribution in [1.82, 2.24) is 20.9 Å². The normalized spacial score (nSPS) is 15.7. The minimum Gasteiger partial charge on any atom is -0.497 e. The molecule has 2 heterocycles. The van der Waals surface area contributed by atoms with Gasteiger partial charge in [-0.25, -0.2) is 9.78 Å². The molecule has 0 bridgehead atoms. The van der Waals surface area contributed by atoms with E-state index in [1.54, 1.807) is 36.1 Å². The van der Waals surface area contributed by atoms with Crippen LogP contribution in [0.15, 0.2) is 60.9 Å². The second-order valence-corrected chi connectivity index (χ2v) is 9.59. The van der Waals surface area contributed by atoms with Crippen molar-refractivity contribution in [3.05, 3.63) is 71.4 Å². The maximum Gasteiger partial charge on any atom is 0.315 e. The zero-order valence-electron chi connectivity index (χ0n) is 20.8. The van der Waals surface area contributed by atoms with Gasteiger partial charge in [-0.1, -0.05) is 18.7 Å². The molecule has 0 aliphatic carbocycles. The fraction of sp³-hybridized carbons (Fsp3) is 0.269. The lowest BCUT2D eigenvalue weighted by Crippen LogP contribution is -2.50. The highest BCUT2D eigenvalue weighted by atomic mass is 32.1. The van der Waals surface area contributed by atoms with E-state index in [1.165, 1.54) is 11.3 Å². The van der Waals surface area contributed by atoms with Crippen LogP contribution in [0.25, 0.3) is 10.2 Å². The smallest absolute Gasteiger partial charge is 0.315 e. The van der Waals surface area contributed by atoms with Crippen LogP contribution >= 0.6 is 11.3 Å². The Labute approximate surface area is 223 Å². The van der Waals surface area contributed by atoms with Gasteiger partial charge in [-0.05, 0) is 49.7 Å². The molecule has 0 spiro atoms. The summed E-state index contributed by atoms with van der Waals surface area (Å²) in [5.74, 6) is -0.409. The monoisotopic (exact) mass is 535 g/mol. The first-order valence-corrected chi connectivity index (χ1v) is 12.9. The molecule has 12 heteroatoms. The van der Waals surface area contributed by atoms with Crippen LogP contribution in [-0.4, -0.2) is 60.4 Å². The number of para-hydroxylation sites is 1. The number of fused-ring (bicyclic) bond motifs is 1. The van der Waals surface area contributed by atoms with Crippen molar-refractivity contribution in [1.29, 1.82) is 5.41 Å². The van der Waals surface area contributed by atoms with Crippen LogP contribution in [0.5, 0.6) is 0 Å². The van der Waals surface area contributed by atoms with Crippen molar-refractivity contribution < 1.29 is 19.1 Å². The number of urea groups is 1. The molecule has 1 aromatic heterocycles. The second-order valence-electron chi connectivity index (χ2n) is 8.56. The van der Waals surface area contributed by atoms with Crippen molar-refractivity contribution in [3.8, 4) is 0 Å². The molecule has 1 saturated heterocycles. The van der Waals surface area contributed by atoms with Gasteiger partial charge in [0.2, 0.25) is 5.91 Å². The summed E-state index contributed by atoms with van der Waals surface area (Å²) in [6.45, 7) is 6.45. The Morgan fingerprint density at radius 2 is 2.00 bits per heavy atom. The molecular formula is C26H29N7O4S. The van der Waals surface area contributed by atoms with E-state index in [2.05, 4.69) is 27.5 Å². The fourth-order valence-electron chi connectivity index (χ4n) is 4.02. The molecule has 4 rings (SSSR count). The summed E-state index contributed by atoms with van der Waals surface area (Å²) in [7, 11) is 0. The van der Waals surface area contributed by atoms with Gasteiger partial charge in [0, 0.05) is 24.3 Å². The maximum atomic E-state index is 12.9. The fourth-order valence-corrected chi connectivity index (χ4v) is 4.88. The lowest BCUT2D eigenvalue weighted by molar-refractivity contribution is -0.118. The minimum absolute atomic E-state index is 0.00155. The van der Waals surface area contributed by atoms with E-state index < -0.39 is 24.0 Å². The van der Waals surface area contributed by atoms with E-state index in [0.717, 1.165) is 10.2 Å². The first-order chi connectivity index (χ1) is 18.3. The first-order valence-electron chi connectivity index (χ1n) is 12.0. The number of amides is 4. The number of ether oxygens (including phenoxy) is 1. The molecule has 2 aromatic carbocycles. The predicted molar refractivity (Wildman–Crippen MR) is 146 cm³/mol. The van der Waals surface area contributed by atoms with E-state index >= 15 is 0 Å². The zero-order valence-corrected chi connectivity index (χ0v) is 21.6. The third-order valence-electron chi connectivity index (χ3n) is 5.98. The van der Waals surface area contributed by atoms with Crippen molar-refractivity contribution in [2.24, 2.45) is 5.73 Å². The van der Waals surface area contributed by atoms with E-state index in [9.17, 15) is 14.4 Å². The molecule has 1 aliphatic rings. The quantitative estimate of drug-likeness (QED) is 0.152. The lowest BCUT2D eigenvalue weighted by atomic mass is 10.2. The van der Waals surface area contributed by atoms with Crippen molar-refractivity contribution in [2.75, 3.05) is 24.6 Å². The molecule has 4 amide bonds. The number of amidine groups is 1. The molecule has 11 nitrogen and oxygen atoms in total. The number of hydrogen-bond acceptors (Lipinski definition) is 7. The summed E-state index contributed by atoms with van der Waals surface area (Å²) in [6.07, 6.45) is 0.435. The molecular weight excluding hydrogens is 506 g/mol. The number of nitrogens with zero attached hydrogens (tertiary/aromatic N) is 2. The molecule has 1 aliphatic heterocycles. The van der Waals surface area contributed by atoms with Crippen LogP contribution in [0, 0.1) is 5.41 Å². The standard InChI is InChI=1S/C26H29N7O4S/c1-3-37-15(2)20(30-23(34)24-31-18-6-4-5-7-21(18)38-24)14-29-26(36)32-19-12-13-33(25(19)35)17-10-8-16(9-11-17)22(27)28/h4-11,19-20H,2-3,12-14H2,1H3,(H3,27,28)(H,30,34)(H2,29,32,36). The Kier molecular flexibility index (Phi) is 8.22. The van der Waals surface area contributed by atoms with Crippen molar-refractivity contribution >= 4 is 50.9 Å². The number of nitrogens with one attached hydrogen (secondary N) is 4. The van der Waals surface area contributed by atoms with Gasteiger partial charge in [-0.2, -0.15) is 0 Å². The van der Waals surface area contributed by atoms with Crippen LogP contribution in [0.1, 0.15) is 28.7 Å². The van der Waals surface area contributed by atoms with Crippen molar-refractivity contribution in [3.63, 3.8) is 0 Å². The summed E-state index contributed by atoms with van der Waals surface area (Å²) in [5.41, 5.74) is 7.44. The molecule has 0 saturated carbocycles. The number of thiazole rings is 1. The van der Waals surface area contributed by atoms with Gasteiger partial charge in [0.25, 0.3) is 5.91 Å². The number of nitrogen functional groups attached to an aromatic ring is 1. The van der Waals surface area contributed by atoms with Gasteiger partial charge < -0.3 is 31.3 Å². The summed E-state index contributed by atoms with van der Waals surface area (Å²) in [6, 6.07) is 12.3.